The van der Waals surface area contributed by atoms with E-state index in [2.05, 4.69) is 9.69 Å². The molecule has 23 heavy (non-hydrogen) atoms. The van der Waals surface area contributed by atoms with Crippen molar-refractivity contribution in [2.24, 2.45) is 5.92 Å². The van der Waals surface area contributed by atoms with Crippen molar-refractivity contribution in [2.75, 3.05) is 32.1 Å². The Morgan fingerprint density at radius 3 is 3.00 bits per heavy atom. The molecule has 1 saturated heterocycles. The predicted molar refractivity (Wildman–Crippen MR) is 92.7 cm³/mol. The largest absolute Gasteiger partial charge is 0.381 e. The molecular weight excluding hydrogens is 310 g/mol. The zero-order valence-electron chi connectivity index (χ0n) is 13.2. The molecule has 2 aromatic rings. The molecule has 0 aliphatic carbocycles. The zero-order chi connectivity index (χ0) is 16.1. The van der Waals surface area contributed by atoms with E-state index >= 15 is 0 Å². The van der Waals surface area contributed by atoms with E-state index in [1.54, 1.807) is 4.90 Å². The van der Waals surface area contributed by atoms with Crippen LogP contribution >= 0.6 is 11.5 Å². The van der Waals surface area contributed by atoms with Gasteiger partial charge in [0.2, 0.25) is 0 Å². The standard InChI is InChI=1S/C17H21N3O2S/c1-20(10-13-6-5-9-22-11-13)17(21)18-15-12-23-19-16(15)14-7-3-2-4-8-14/h2-4,7-8,12-13H,5-6,9-11H2,1H3,(H,18,21)/t13-/m1/s1. The Hall–Kier alpha value is -1.92. The van der Waals surface area contributed by atoms with E-state index in [1.165, 1.54) is 11.5 Å². The first kappa shape index (κ1) is 16.0. The van der Waals surface area contributed by atoms with E-state index in [4.69, 9.17) is 4.74 Å². The molecule has 5 nitrogen and oxygen atoms in total. The lowest BCUT2D eigenvalue weighted by Gasteiger charge is -2.27. The highest BCUT2D eigenvalue weighted by atomic mass is 32.1. The van der Waals surface area contributed by atoms with E-state index in [0.29, 0.717) is 12.5 Å². The Kier molecular flexibility index (Phi) is 5.25. The molecule has 1 aliphatic rings. The van der Waals surface area contributed by atoms with E-state index in [1.807, 2.05) is 42.8 Å². The van der Waals surface area contributed by atoms with Crippen LogP contribution in [0.1, 0.15) is 12.8 Å². The predicted octanol–water partition coefficient (Wildman–Crippen LogP) is 3.70. The van der Waals surface area contributed by atoms with Crippen molar-refractivity contribution in [3.63, 3.8) is 0 Å². The minimum absolute atomic E-state index is 0.104. The molecule has 1 atom stereocenters. The minimum atomic E-state index is -0.104. The second-order valence-electron chi connectivity index (χ2n) is 5.84. The number of nitrogens with one attached hydrogen (secondary N) is 1. The molecule has 0 unspecified atom stereocenters. The molecular formula is C17H21N3O2S. The molecule has 1 aliphatic heterocycles. The molecule has 2 heterocycles. The van der Waals surface area contributed by atoms with Crippen LogP contribution in [0, 0.1) is 5.92 Å². The maximum Gasteiger partial charge on any atom is 0.321 e. The molecule has 1 N–H and O–H groups in total. The van der Waals surface area contributed by atoms with Gasteiger partial charge in [-0.1, -0.05) is 30.3 Å². The molecule has 0 bridgehead atoms. The van der Waals surface area contributed by atoms with Gasteiger partial charge in [0.25, 0.3) is 0 Å². The minimum Gasteiger partial charge on any atom is -0.381 e. The van der Waals surface area contributed by atoms with Crippen molar-refractivity contribution >= 4 is 23.3 Å². The fourth-order valence-corrected chi connectivity index (χ4v) is 3.40. The van der Waals surface area contributed by atoms with Crippen LogP contribution in [0.4, 0.5) is 10.5 Å². The van der Waals surface area contributed by atoms with Gasteiger partial charge in [-0.05, 0) is 24.4 Å². The van der Waals surface area contributed by atoms with Gasteiger partial charge < -0.3 is 15.0 Å². The van der Waals surface area contributed by atoms with Crippen molar-refractivity contribution in [3.8, 4) is 11.3 Å². The van der Waals surface area contributed by atoms with Crippen molar-refractivity contribution in [1.82, 2.24) is 9.27 Å². The maximum absolute atomic E-state index is 12.4. The molecule has 1 aromatic heterocycles. The number of aromatic nitrogens is 1. The lowest BCUT2D eigenvalue weighted by Crippen LogP contribution is -2.37. The highest BCUT2D eigenvalue weighted by Gasteiger charge is 2.20. The summed E-state index contributed by atoms with van der Waals surface area (Å²) in [5.41, 5.74) is 2.59. The quantitative estimate of drug-likeness (QED) is 0.929. The van der Waals surface area contributed by atoms with Crippen LogP contribution in [0.25, 0.3) is 11.3 Å². The molecule has 1 fully saturated rings. The molecule has 122 valence electrons. The number of anilines is 1. The Morgan fingerprint density at radius 2 is 2.26 bits per heavy atom. The zero-order valence-corrected chi connectivity index (χ0v) is 14.0. The van der Waals surface area contributed by atoms with Gasteiger partial charge in [-0.3, -0.25) is 0 Å². The third-order valence-corrected chi connectivity index (χ3v) is 4.62. The number of amides is 2. The van der Waals surface area contributed by atoms with E-state index in [0.717, 1.165) is 43.0 Å². The smallest absolute Gasteiger partial charge is 0.321 e. The maximum atomic E-state index is 12.4. The van der Waals surface area contributed by atoms with Gasteiger partial charge >= 0.3 is 6.03 Å². The topological polar surface area (TPSA) is 54.5 Å². The summed E-state index contributed by atoms with van der Waals surface area (Å²) in [5, 5.41) is 4.85. The summed E-state index contributed by atoms with van der Waals surface area (Å²) < 4.78 is 9.88. The number of hydrogen-bond donors (Lipinski definition) is 1. The van der Waals surface area contributed by atoms with E-state index < -0.39 is 0 Å². The van der Waals surface area contributed by atoms with Crippen molar-refractivity contribution in [3.05, 3.63) is 35.7 Å². The molecule has 3 rings (SSSR count). The first-order chi connectivity index (χ1) is 11.2. The first-order valence-corrected chi connectivity index (χ1v) is 8.67. The Bertz CT molecular complexity index is 638. The summed E-state index contributed by atoms with van der Waals surface area (Å²) in [7, 11) is 1.83. The summed E-state index contributed by atoms with van der Waals surface area (Å²) in [4.78, 5) is 14.1. The number of carbonyl (C=O) groups excluding carboxylic acids is 1. The van der Waals surface area contributed by atoms with Crippen LogP contribution in [0.2, 0.25) is 0 Å². The number of ether oxygens (including phenoxy) is 1. The Balaban J connectivity index is 1.63. The fourth-order valence-electron chi connectivity index (χ4n) is 2.76. The number of nitrogens with zero attached hydrogens (tertiary/aromatic N) is 2. The number of carbonyl (C=O) groups is 1. The highest BCUT2D eigenvalue weighted by molar-refractivity contribution is 7.04. The summed E-state index contributed by atoms with van der Waals surface area (Å²) >= 11 is 1.35. The van der Waals surface area contributed by atoms with Crippen LogP contribution in [0.3, 0.4) is 0 Å². The van der Waals surface area contributed by atoms with Gasteiger partial charge in [-0.2, -0.15) is 4.37 Å². The van der Waals surface area contributed by atoms with E-state index in [9.17, 15) is 4.79 Å². The molecule has 0 spiro atoms. The molecule has 2 amide bonds. The molecule has 6 heteroatoms. The third-order valence-electron chi connectivity index (χ3n) is 3.99. The van der Waals surface area contributed by atoms with Gasteiger partial charge in [-0.15, -0.1) is 0 Å². The monoisotopic (exact) mass is 331 g/mol. The molecule has 1 aromatic carbocycles. The lowest BCUT2D eigenvalue weighted by molar-refractivity contribution is 0.0464. The highest BCUT2D eigenvalue weighted by Crippen LogP contribution is 2.28. The van der Waals surface area contributed by atoms with Gasteiger partial charge in [0.1, 0.15) is 5.69 Å². The normalized spacial score (nSPS) is 17.7. The number of urea groups is 1. The average Bonchev–Trinajstić information content (AvgIpc) is 3.04. The Morgan fingerprint density at radius 1 is 1.43 bits per heavy atom. The number of benzene rings is 1. The second kappa shape index (κ2) is 7.57. The number of hydrogen-bond acceptors (Lipinski definition) is 4. The average molecular weight is 331 g/mol. The van der Waals surface area contributed by atoms with Crippen molar-refractivity contribution < 1.29 is 9.53 Å². The summed E-state index contributed by atoms with van der Waals surface area (Å²) in [6, 6.07) is 9.79. The van der Waals surface area contributed by atoms with Gasteiger partial charge in [0.15, 0.2) is 0 Å². The van der Waals surface area contributed by atoms with Crippen LogP contribution in [-0.4, -0.2) is 42.1 Å². The van der Waals surface area contributed by atoms with Crippen LogP contribution < -0.4 is 5.32 Å². The molecule has 0 radical (unpaired) electrons. The summed E-state index contributed by atoms with van der Waals surface area (Å²) in [6.45, 7) is 2.30. The van der Waals surface area contributed by atoms with Crippen LogP contribution in [0.15, 0.2) is 35.7 Å². The summed E-state index contributed by atoms with van der Waals surface area (Å²) in [6.07, 6.45) is 2.19. The van der Waals surface area contributed by atoms with Gasteiger partial charge in [0.05, 0.1) is 12.3 Å². The third kappa shape index (κ3) is 4.09. The van der Waals surface area contributed by atoms with Gasteiger partial charge in [0, 0.05) is 37.1 Å². The van der Waals surface area contributed by atoms with Gasteiger partial charge in [-0.25, -0.2) is 4.79 Å². The fraction of sp³-hybridized carbons (Fsp3) is 0.412. The van der Waals surface area contributed by atoms with Crippen LogP contribution in [0.5, 0.6) is 0 Å². The Labute approximate surface area is 140 Å². The van der Waals surface area contributed by atoms with Crippen LogP contribution in [-0.2, 0) is 4.74 Å². The SMILES string of the molecule is CN(C[C@H]1CCCOC1)C(=O)Nc1csnc1-c1ccccc1. The van der Waals surface area contributed by atoms with Crippen molar-refractivity contribution in [2.45, 2.75) is 12.8 Å². The second-order valence-corrected chi connectivity index (χ2v) is 6.47. The summed E-state index contributed by atoms with van der Waals surface area (Å²) in [5.74, 6) is 0.425. The lowest BCUT2D eigenvalue weighted by atomic mass is 10.0. The first-order valence-electron chi connectivity index (χ1n) is 7.83. The number of rotatable bonds is 4. The molecule has 0 saturated carbocycles. The van der Waals surface area contributed by atoms with E-state index in [-0.39, 0.29) is 6.03 Å². The van der Waals surface area contributed by atoms with Crippen molar-refractivity contribution in [1.29, 1.82) is 0 Å².